The molecule has 0 saturated carbocycles. The van der Waals surface area contributed by atoms with Crippen molar-refractivity contribution in [3.63, 3.8) is 0 Å². The number of thiophene rings is 1. The van der Waals surface area contributed by atoms with Crippen LogP contribution < -0.4 is 4.90 Å². The van der Waals surface area contributed by atoms with Crippen LogP contribution in [0.3, 0.4) is 0 Å². The number of rotatable bonds is 5. The van der Waals surface area contributed by atoms with E-state index in [-0.39, 0.29) is 5.91 Å². The lowest BCUT2D eigenvalue weighted by Crippen LogP contribution is -2.49. The zero-order valence-electron chi connectivity index (χ0n) is 16.5. The summed E-state index contributed by atoms with van der Waals surface area (Å²) in [5.74, 6) is 1.32. The van der Waals surface area contributed by atoms with Gasteiger partial charge >= 0.3 is 0 Å². The van der Waals surface area contributed by atoms with Gasteiger partial charge in [0.05, 0.1) is 5.75 Å². The quantitative estimate of drug-likeness (QED) is 0.421. The van der Waals surface area contributed by atoms with Crippen molar-refractivity contribution in [1.82, 2.24) is 14.9 Å². The Morgan fingerprint density at radius 2 is 2.00 bits per heavy atom. The minimum Gasteiger partial charge on any atom is -0.368 e. The number of carbonyl (C=O) groups excluding carboxylic acids is 1. The molecule has 3 heterocycles. The summed E-state index contributed by atoms with van der Waals surface area (Å²) in [4.78, 5) is 28.5. The van der Waals surface area contributed by atoms with E-state index in [2.05, 4.69) is 33.9 Å². The molecule has 5 nitrogen and oxygen atoms in total. The van der Waals surface area contributed by atoms with Gasteiger partial charge < -0.3 is 9.80 Å². The minimum absolute atomic E-state index is 0.163. The molecule has 1 amide bonds. The van der Waals surface area contributed by atoms with Crippen molar-refractivity contribution >= 4 is 56.5 Å². The standard InChI is InChI=1S/C21H23ClN4OS2/c1-3-17-12-18-20(23-14(2)24-21(18)29-17)28-13-19(27)26-9-7-25(8-10-26)16-6-4-5-15(22)11-16/h4-6,11-12H,3,7-10,13H2,1-2H3. The highest BCUT2D eigenvalue weighted by Gasteiger charge is 2.22. The number of nitrogens with zero attached hydrogens (tertiary/aromatic N) is 4. The topological polar surface area (TPSA) is 49.3 Å². The number of thioether (sulfide) groups is 1. The van der Waals surface area contributed by atoms with Gasteiger partial charge in [-0.3, -0.25) is 4.79 Å². The van der Waals surface area contributed by atoms with Crippen LogP contribution in [0.25, 0.3) is 10.2 Å². The Bertz CT molecular complexity index is 1030. The zero-order valence-corrected chi connectivity index (χ0v) is 18.9. The van der Waals surface area contributed by atoms with Crippen LogP contribution in [0.4, 0.5) is 5.69 Å². The highest BCUT2D eigenvalue weighted by Crippen LogP contribution is 2.32. The van der Waals surface area contributed by atoms with E-state index in [0.717, 1.165) is 64.4 Å². The van der Waals surface area contributed by atoms with E-state index in [1.807, 2.05) is 30.0 Å². The van der Waals surface area contributed by atoms with Crippen LogP contribution in [0.5, 0.6) is 0 Å². The van der Waals surface area contributed by atoms with Gasteiger partial charge in [-0.25, -0.2) is 9.97 Å². The molecule has 152 valence electrons. The highest BCUT2D eigenvalue weighted by atomic mass is 35.5. The van der Waals surface area contributed by atoms with Gasteiger partial charge in [0, 0.05) is 47.2 Å². The number of carbonyl (C=O) groups is 1. The Hall–Kier alpha value is -1.83. The lowest BCUT2D eigenvalue weighted by atomic mass is 10.2. The number of hydrogen-bond donors (Lipinski definition) is 0. The lowest BCUT2D eigenvalue weighted by molar-refractivity contribution is -0.128. The molecule has 0 unspecified atom stereocenters. The van der Waals surface area contributed by atoms with Crippen molar-refractivity contribution in [2.75, 3.05) is 36.8 Å². The van der Waals surface area contributed by atoms with E-state index in [1.165, 1.54) is 16.6 Å². The third-order valence-corrected chi connectivity index (χ3v) is 7.39. The molecule has 3 aromatic rings. The first-order valence-corrected chi connectivity index (χ1v) is 11.9. The Morgan fingerprint density at radius 3 is 2.72 bits per heavy atom. The number of hydrogen-bond acceptors (Lipinski definition) is 6. The maximum absolute atomic E-state index is 12.8. The van der Waals surface area contributed by atoms with Crippen molar-refractivity contribution in [2.24, 2.45) is 0 Å². The number of aromatic nitrogens is 2. The second-order valence-electron chi connectivity index (χ2n) is 7.00. The minimum atomic E-state index is 0.163. The van der Waals surface area contributed by atoms with Gasteiger partial charge in [0.25, 0.3) is 0 Å². The molecule has 29 heavy (non-hydrogen) atoms. The summed E-state index contributed by atoms with van der Waals surface area (Å²) < 4.78 is 0. The first-order valence-electron chi connectivity index (χ1n) is 9.71. The summed E-state index contributed by atoms with van der Waals surface area (Å²) in [6, 6.07) is 10.0. The Kier molecular flexibility index (Phi) is 6.27. The molecule has 1 fully saturated rings. The number of anilines is 1. The zero-order chi connectivity index (χ0) is 20.4. The van der Waals surface area contributed by atoms with Crippen molar-refractivity contribution < 1.29 is 4.79 Å². The average Bonchev–Trinajstić information content (AvgIpc) is 3.15. The summed E-state index contributed by atoms with van der Waals surface area (Å²) in [5, 5.41) is 2.72. The fraction of sp³-hybridized carbons (Fsp3) is 0.381. The number of fused-ring (bicyclic) bond motifs is 1. The van der Waals surface area contributed by atoms with Gasteiger partial charge in [0.15, 0.2) is 0 Å². The molecule has 0 atom stereocenters. The maximum atomic E-state index is 12.8. The third-order valence-electron chi connectivity index (χ3n) is 5.01. The normalized spacial score (nSPS) is 14.6. The molecule has 4 rings (SSSR count). The van der Waals surface area contributed by atoms with Gasteiger partial charge in [-0.2, -0.15) is 0 Å². The number of benzene rings is 1. The fourth-order valence-corrected chi connectivity index (χ4v) is 5.65. The second-order valence-corrected chi connectivity index (χ2v) is 9.51. The van der Waals surface area contributed by atoms with Crippen molar-refractivity contribution in [2.45, 2.75) is 25.3 Å². The highest BCUT2D eigenvalue weighted by molar-refractivity contribution is 8.00. The van der Waals surface area contributed by atoms with E-state index in [1.54, 1.807) is 11.3 Å². The molecule has 0 radical (unpaired) electrons. The van der Waals surface area contributed by atoms with Crippen LogP contribution in [0.15, 0.2) is 35.4 Å². The molecule has 0 aliphatic carbocycles. The number of aryl methyl sites for hydroxylation is 2. The van der Waals surface area contributed by atoms with Gasteiger partial charge in [0.1, 0.15) is 15.7 Å². The van der Waals surface area contributed by atoms with E-state index in [0.29, 0.717) is 5.75 Å². The Labute approximate surface area is 184 Å². The van der Waals surface area contributed by atoms with Gasteiger partial charge in [-0.05, 0) is 37.6 Å². The molecule has 0 bridgehead atoms. The predicted octanol–water partition coefficient (Wildman–Crippen LogP) is 4.66. The molecule has 0 spiro atoms. The second kappa shape index (κ2) is 8.90. The largest absolute Gasteiger partial charge is 0.368 e. The van der Waals surface area contributed by atoms with E-state index in [4.69, 9.17) is 11.6 Å². The van der Waals surface area contributed by atoms with Crippen LogP contribution in [-0.2, 0) is 11.2 Å². The summed E-state index contributed by atoms with van der Waals surface area (Å²) >= 11 is 9.34. The first-order chi connectivity index (χ1) is 14.0. The van der Waals surface area contributed by atoms with E-state index in [9.17, 15) is 4.79 Å². The van der Waals surface area contributed by atoms with Gasteiger partial charge in [0.2, 0.25) is 5.91 Å². The maximum Gasteiger partial charge on any atom is 0.233 e. The summed E-state index contributed by atoms with van der Waals surface area (Å²) in [7, 11) is 0. The van der Waals surface area contributed by atoms with Crippen molar-refractivity contribution in [3.05, 3.63) is 46.1 Å². The Balaban J connectivity index is 1.37. The molecule has 1 aliphatic heterocycles. The lowest BCUT2D eigenvalue weighted by Gasteiger charge is -2.36. The molecule has 2 aromatic heterocycles. The summed E-state index contributed by atoms with van der Waals surface area (Å²) in [5.41, 5.74) is 1.11. The molecule has 8 heteroatoms. The van der Waals surface area contributed by atoms with Crippen LogP contribution in [0.2, 0.25) is 5.02 Å². The molecular weight excluding hydrogens is 424 g/mol. The Morgan fingerprint density at radius 1 is 1.21 bits per heavy atom. The molecule has 1 saturated heterocycles. The monoisotopic (exact) mass is 446 g/mol. The van der Waals surface area contributed by atoms with Gasteiger partial charge in [-0.1, -0.05) is 36.4 Å². The molecular formula is C21H23ClN4OS2. The number of halogens is 1. The summed E-state index contributed by atoms with van der Waals surface area (Å²) in [6.07, 6.45) is 0.986. The van der Waals surface area contributed by atoms with E-state index < -0.39 is 0 Å². The molecule has 0 N–H and O–H groups in total. The van der Waals surface area contributed by atoms with Gasteiger partial charge in [-0.15, -0.1) is 11.3 Å². The van der Waals surface area contributed by atoms with Crippen molar-refractivity contribution in [3.8, 4) is 0 Å². The number of piperazine rings is 1. The fourth-order valence-electron chi connectivity index (χ4n) is 3.44. The first kappa shape index (κ1) is 20.4. The SMILES string of the molecule is CCc1cc2c(SCC(=O)N3CCN(c4cccc(Cl)c4)CC3)nc(C)nc2s1. The summed E-state index contributed by atoms with van der Waals surface area (Å²) in [6.45, 7) is 7.14. The number of amides is 1. The molecule has 1 aliphatic rings. The smallest absolute Gasteiger partial charge is 0.233 e. The van der Waals surface area contributed by atoms with Crippen LogP contribution in [-0.4, -0.2) is 52.7 Å². The van der Waals surface area contributed by atoms with Crippen LogP contribution in [0, 0.1) is 6.92 Å². The average molecular weight is 447 g/mol. The third kappa shape index (κ3) is 4.68. The van der Waals surface area contributed by atoms with Crippen LogP contribution in [0.1, 0.15) is 17.6 Å². The predicted molar refractivity (Wildman–Crippen MR) is 122 cm³/mol. The van der Waals surface area contributed by atoms with Crippen molar-refractivity contribution in [1.29, 1.82) is 0 Å². The van der Waals surface area contributed by atoms with Crippen LogP contribution >= 0.6 is 34.7 Å². The van der Waals surface area contributed by atoms with E-state index >= 15 is 0 Å². The molecule has 1 aromatic carbocycles.